The zero-order chi connectivity index (χ0) is 10.4. The highest BCUT2D eigenvalue weighted by molar-refractivity contribution is 4.86. The van der Waals surface area contributed by atoms with Gasteiger partial charge in [0.15, 0.2) is 0 Å². The number of hydrogen-bond donors (Lipinski definition) is 2. The predicted molar refractivity (Wildman–Crippen MR) is 60.4 cm³/mol. The highest BCUT2D eigenvalue weighted by atomic mass is 16.3. The van der Waals surface area contributed by atoms with Crippen LogP contribution in [0.4, 0.5) is 0 Å². The largest absolute Gasteiger partial charge is 0.396 e. The Morgan fingerprint density at radius 3 is 2.43 bits per heavy atom. The summed E-state index contributed by atoms with van der Waals surface area (Å²) in [4.78, 5) is 0. The van der Waals surface area contributed by atoms with Gasteiger partial charge < -0.3 is 10.4 Å². The standard InChI is InChI=1S/C12H25NO/c1-3-12(2,9-10-14)13-11-7-5-4-6-8-11/h11,13-14H,3-10H2,1-2H3. The molecule has 2 N–H and O–H groups in total. The summed E-state index contributed by atoms with van der Waals surface area (Å²) in [5, 5.41) is 12.7. The lowest BCUT2D eigenvalue weighted by Gasteiger charge is -2.36. The van der Waals surface area contributed by atoms with Gasteiger partial charge in [-0.15, -0.1) is 0 Å². The third kappa shape index (κ3) is 3.58. The molecule has 0 spiro atoms. The summed E-state index contributed by atoms with van der Waals surface area (Å²) in [6.45, 7) is 4.73. The fraction of sp³-hybridized carbons (Fsp3) is 1.00. The molecule has 84 valence electrons. The molecule has 1 rings (SSSR count). The Bertz CT molecular complexity index is 154. The van der Waals surface area contributed by atoms with Gasteiger partial charge in [0, 0.05) is 18.2 Å². The molecular weight excluding hydrogens is 174 g/mol. The van der Waals surface area contributed by atoms with Crippen LogP contribution >= 0.6 is 0 Å². The van der Waals surface area contributed by atoms with Crippen LogP contribution in [0, 0.1) is 0 Å². The van der Waals surface area contributed by atoms with Crippen LogP contribution in [0.15, 0.2) is 0 Å². The molecule has 0 saturated heterocycles. The van der Waals surface area contributed by atoms with Crippen LogP contribution in [0.5, 0.6) is 0 Å². The fourth-order valence-electron chi connectivity index (χ4n) is 2.34. The number of nitrogens with one attached hydrogen (secondary N) is 1. The molecular formula is C12H25NO. The summed E-state index contributed by atoms with van der Waals surface area (Å²) in [7, 11) is 0. The molecule has 0 amide bonds. The molecule has 1 fully saturated rings. The van der Waals surface area contributed by atoms with Crippen LogP contribution in [0.3, 0.4) is 0 Å². The molecule has 1 unspecified atom stereocenters. The molecule has 2 nitrogen and oxygen atoms in total. The van der Waals surface area contributed by atoms with Gasteiger partial charge in [-0.2, -0.15) is 0 Å². The Morgan fingerprint density at radius 2 is 1.93 bits per heavy atom. The van der Waals surface area contributed by atoms with E-state index >= 15 is 0 Å². The number of rotatable bonds is 5. The molecule has 0 aromatic rings. The van der Waals surface area contributed by atoms with Gasteiger partial charge in [-0.1, -0.05) is 26.2 Å². The SMILES string of the molecule is CCC(C)(CCO)NC1CCCCC1. The third-order valence-corrected chi connectivity index (χ3v) is 3.60. The van der Waals surface area contributed by atoms with Crippen LogP contribution < -0.4 is 5.32 Å². The third-order valence-electron chi connectivity index (χ3n) is 3.60. The van der Waals surface area contributed by atoms with Crippen LogP contribution in [0.1, 0.15) is 58.8 Å². The second-order valence-electron chi connectivity index (χ2n) is 4.87. The van der Waals surface area contributed by atoms with E-state index in [-0.39, 0.29) is 5.54 Å². The minimum absolute atomic E-state index is 0.150. The second kappa shape index (κ2) is 5.72. The van der Waals surface area contributed by atoms with E-state index in [9.17, 15) is 0 Å². The summed E-state index contributed by atoms with van der Waals surface area (Å²) in [5.41, 5.74) is 0.150. The van der Waals surface area contributed by atoms with E-state index in [1.807, 2.05) is 0 Å². The minimum Gasteiger partial charge on any atom is -0.396 e. The van der Waals surface area contributed by atoms with Gasteiger partial charge in [-0.05, 0) is 32.6 Å². The van der Waals surface area contributed by atoms with Gasteiger partial charge in [0.2, 0.25) is 0 Å². The van der Waals surface area contributed by atoms with Crippen LogP contribution in [0.25, 0.3) is 0 Å². The summed E-state index contributed by atoms with van der Waals surface area (Å²) in [5.74, 6) is 0. The highest BCUT2D eigenvalue weighted by Gasteiger charge is 2.25. The Hall–Kier alpha value is -0.0800. The first-order valence-corrected chi connectivity index (χ1v) is 6.09. The van der Waals surface area contributed by atoms with E-state index in [4.69, 9.17) is 5.11 Å². The minimum atomic E-state index is 0.150. The highest BCUT2D eigenvalue weighted by Crippen LogP contribution is 2.22. The molecule has 0 aromatic heterocycles. The maximum atomic E-state index is 9.02. The molecule has 1 atom stereocenters. The van der Waals surface area contributed by atoms with E-state index in [1.54, 1.807) is 0 Å². The van der Waals surface area contributed by atoms with Gasteiger partial charge in [-0.25, -0.2) is 0 Å². The lowest BCUT2D eigenvalue weighted by atomic mass is 9.89. The lowest BCUT2D eigenvalue weighted by Crippen LogP contribution is -2.49. The van der Waals surface area contributed by atoms with E-state index in [2.05, 4.69) is 19.2 Å². The van der Waals surface area contributed by atoms with Gasteiger partial charge in [0.05, 0.1) is 0 Å². The zero-order valence-electron chi connectivity index (χ0n) is 9.68. The topological polar surface area (TPSA) is 32.3 Å². The molecule has 1 aliphatic carbocycles. The van der Waals surface area contributed by atoms with Crippen molar-refractivity contribution in [2.45, 2.75) is 70.4 Å². The predicted octanol–water partition coefficient (Wildman–Crippen LogP) is 2.46. The first kappa shape index (κ1) is 12.0. The van der Waals surface area contributed by atoms with Gasteiger partial charge in [-0.3, -0.25) is 0 Å². The van der Waals surface area contributed by atoms with E-state index < -0.39 is 0 Å². The Morgan fingerprint density at radius 1 is 1.29 bits per heavy atom. The Balaban J connectivity index is 2.37. The molecule has 1 aliphatic rings. The summed E-state index contributed by atoms with van der Waals surface area (Å²) < 4.78 is 0. The average molecular weight is 199 g/mol. The van der Waals surface area contributed by atoms with Crippen LogP contribution in [-0.4, -0.2) is 23.3 Å². The second-order valence-corrected chi connectivity index (χ2v) is 4.87. The normalized spacial score (nSPS) is 23.4. The molecule has 0 aromatic carbocycles. The molecule has 0 bridgehead atoms. The maximum absolute atomic E-state index is 9.02. The Kier molecular flexibility index (Phi) is 4.90. The van der Waals surface area contributed by atoms with Crippen LogP contribution in [-0.2, 0) is 0 Å². The van der Waals surface area contributed by atoms with Crippen molar-refractivity contribution in [2.75, 3.05) is 6.61 Å². The Labute approximate surface area is 88.1 Å². The van der Waals surface area contributed by atoms with Crippen molar-refractivity contribution in [1.29, 1.82) is 0 Å². The van der Waals surface area contributed by atoms with Gasteiger partial charge in [0.1, 0.15) is 0 Å². The molecule has 2 heteroatoms. The summed E-state index contributed by atoms with van der Waals surface area (Å²) in [6, 6.07) is 0.695. The molecule has 0 radical (unpaired) electrons. The lowest BCUT2D eigenvalue weighted by molar-refractivity contribution is 0.189. The first-order valence-electron chi connectivity index (χ1n) is 6.09. The molecule has 0 heterocycles. The number of hydrogen-bond acceptors (Lipinski definition) is 2. The fourth-order valence-corrected chi connectivity index (χ4v) is 2.34. The zero-order valence-corrected chi connectivity index (χ0v) is 9.68. The first-order chi connectivity index (χ1) is 6.70. The molecule has 0 aliphatic heterocycles. The number of aliphatic hydroxyl groups is 1. The average Bonchev–Trinajstić information content (AvgIpc) is 2.20. The van der Waals surface area contributed by atoms with E-state index in [1.165, 1.54) is 32.1 Å². The number of aliphatic hydroxyl groups excluding tert-OH is 1. The van der Waals surface area contributed by atoms with Gasteiger partial charge in [0.25, 0.3) is 0 Å². The van der Waals surface area contributed by atoms with Crippen molar-refractivity contribution in [3.63, 3.8) is 0 Å². The molecule has 1 saturated carbocycles. The van der Waals surface area contributed by atoms with Crippen molar-refractivity contribution in [3.05, 3.63) is 0 Å². The smallest absolute Gasteiger partial charge is 0.0448 e. The van der Waals surface area contributed by atoms with Crippen molar-refractivity contribution in [1.82, 2.24) is 5.32 Å². The van der Waals surface area contributed by atoms with Crippen molar-refractivity contribution in [2.24, 2.45) is 0 Å². The van der Waals surface area contributed by atoms with Crippen molar-refractivity contribution >= 4 is 0 Å². The van der Waals surface area contributed by atoms with Crippen molar-refractivity contribution in [3.8, 4) is 0 Å². The van der Waals surface area contributed by atoms with Crippen molar-refractivity contribution < 1.29 is 5.11 Å². The van der Waals surface area contributed by atoms with Gasteiger partial charge >= 0.3 is 0 Å². The summed E-state index contributed by atoms with van der Waals surface area (Å²) in [6.07, 6.45) is 8.76. The van der Waals surface area contributed by atoms with E-state index in [0.717, 1.165) is 12.8 Å². The molecule has 14 heavy (non-hydrogen) atoms. The summed E-state index contributed by atoms with van der Waals surface area (Å²) >= 11 is 0. The monoisotopic (exact) mass is 199 g/mol. The van der Waals surface area contributed by atoms with Crippen LogP contribution in [0.2, 0.25) is 0 Å². The quantitative estimate of drug-likeness (QED) is 0.713. The van der Waals surface area contributed by atoms with E-state index in [0.29, 0.717) is 12.6 Å². The maximum Gasteiger partial charge on any atom is 0.0448 e.